The quantitative estimate of drug-likeness (QED) is 0.149. The zero-order valence-corrected chi connectivity index (χ0v) is 27.8. The van der Waals surface area contributed by atoms with Crippen LogP contribution in [0.4, 0.5) is 4.39 Å². The molecule has 2 atom stereocenters. The first-order chi connectivity index (χ1) is 22.1. The molecule has 2 unspecified atom stereocenters. The first-order valence-corrected chi connectivity index (χ1v) is 17.5. The van der Waals surface area contributed by atoms with Crippen LogP contribution >= 0.6 is 22.7 Å². The van der Waals surface area contributed by atoms with Gasteiger partial charge < -0.3 is 30.4 Å². The molecule has 10 nitrogen and oxygen atoms in total. The highest BCUT2D eigenvalue weighted by atomic mass is 32.1. The van der Waals surface area contributed by atoms with Gasteiger partial charge in [0.05, 0.1) is 33.7 Å². The molecular formula is C33H42FN5O5S2. The molecule has 2 fully saturated rings. The van der Waals surface area contributed by atoms with E-state index in [0.29, 0.717) is 59.9 Å². The molecule has 46 heavy (non-hydrogen) atoms. The summed E-state index contributed by atoms with van der Waals surface area (Å²) in [4.78, 5) is 23.2. The summed E-state index contributed by atoms with van der Waals surface area (Å²) < 4.78 is 21.6. The molecule has 2 aromatic heterocycles. The number of morpholine rings is 1. The maximum Gasteiger partial charge on any atom is 0.305 e. The second-order valence-electron chi connectivity index (χ2n) is 12.7. The van der Waals surface area contributed by atoms with Crippen molar-refractivity contribution in [3.63, 3.8) is 0 Å². The zero-order chi connectivity index (χ0) is 32.4. The van der Waals surface area contributed by atoms with Gasteiger partial charge in [-0.25, -0.2) is 9.37 Å². The summed E-state index contributed by atoms with van der Waals surface area (Å²) in [7, 11) is 0. The third-order valence-corrected chi connectivity index (χ3v) is 11.2. The number of aliphatic hydroxyl groups excluding tert-OH is 2. The Kier molecular flexibility index (Phi) is 10.2. The van der Waals surface area contributed by atoms with Gasteiger partial charge in [-0.2, -0.15) is 0 Å². The average Bonchev–Trinajstić information content (AvgIpc) is 3.70. The molecule has 2 aliphatic heterocycles. The average molecular weight is 672 g/mol. The lowest BCUT2D eigenvalue weighted by Crippen LogP contribution is -2.57. The molecule has 4 heterocycles. The number of fused-ring (bicyclic) bond motifs is 1. The van der Waals surface area contributed by atoms with Gasteiger partial charge in [-0.3, -0.25) is 14.6 Å². The Balaban J connectivity index is 0.987. The van der Waals surface area contributed by atoms with Crippen molar-refractivity contribution in [3.05, 3.63) is 78.6 Å². The van der Waals surface area contributed by atoms with Gasteiger partial charge in [0.1, 0.15) is 17.1 Å². The standard InChI is InChI=1S/C33H42FN5O5S2/c1-20(2)30-36-25(18-45-30)31(42)39-13-14-44-33(19-39)8-11-38(12-9-33)17-21-3-5-24(34)22(15-21)7-10-35-16-27(41)23-4-6-26(40)28-29(23)46-32(43)37-28/h3-6,15,18,20,27,31,35,40-42H,7-14,16-17,19H2,1-2H3,(H,37,43). The number of aromatic amines is 1. The molecule has 0 saturated carbocycles. The van der Waals surface area contributed by atoms with Crippen LogP contribution in [0.15, 0.2) is 40.5 Å². The number of thiazole rings is 2. The number of H-pyrrole nitrogens is 1. The predicted molar refractivity (Wildman–Crippen MR) is 178 cm³/mol. The van der Waals surface area contributed by atoms with Crippen LogP contribution < -0.4 is 10.2 Å². The number of aromatic nitrogens is 2. The van der Waals surface area contributed by atoms with Gasteiger partial charge >= 0.3 is 4.87 Å². The van der Waals surface area contributed by atoms with Crippen LogP contribution in [-0.2, 0) is 17.7 Å². The molecule has 0 bridgehead atoms. The number of halogens is 1. The van der Waals surface area contributed by atoms with Crippen molar-refractivity contribution in [2.45, 2.75) is 63.5 Å². The van der Waals surface area contributed by atoms with Crippen molar-refractivity contribution >= 4 is 32.9 Å². The number of hydrogen-bond acceptors (Lipinski definition) is 11. The molecule has 1 spiro atoms. The van der Waals surface area contributed by atoms with Gasteiger partial charge in [-0.15, -0.1) is 11.3 Å². The molecule has 13 heteroatoms. The Hall–Kier alpha value is -2.75. The van der Waals surface area contributed by atoms with Gasteiger partial charge in [-0.1, -0.05) is 43.4 Å². The molecule has 2 saturated heterocycles. The number of piperidine rings is 1. The molecule has 2 aromatic carbocycles. The van der Waals surface area contributed by atoms with Crippen LogP contribution in [-0.4, -0.2) is 86.6 Å². The molecule has 2 aliphatic rings. The zero-order valence-electron chi connectivity index (χ0n) is 26.2. The maximum absolute atomic E-state index is 14.7. The van der Waals surface area contributed by atoms with Crippen LogP contribution in [0.25, 0.3) is 10.2 Å². The van der Waals surface area contributed by atoms with E-state index in [9.17, 15) is 24.5 Å². The van der Waals surface area contributed by atoms with E-state index in [4.69, 9.17) is 4.74 Å². The molecule has 6 rings (SSSR count). The number of ether oxygens (including phenoxy) is 1. The Bertz CT molecular complexity index is 1700. The minimum Gasteiger partial charge on any atom is -0.506 e. The van der Waals surface area contributed by atoms with Crippen molar-refractivity contribution in [2.24, 2.45) is 0 Å². The maximum atomic E-state index is 14.7. The minimum atomic E-state index is -0.887. The Morgan fingerprint density at radius 1 is 1.17 bits per heavy atom. The Morgan fingerprint density at radius 3 is 2.74 bits per heavy atom. The fourth-order valence-electron chi connectivity index (χ4n) is 6.43. The SMILES string of the molecule is CC(C)c1nc(C(O)N2CCOC3(CCN(Cc4ccc(F)c(CCNCC(O)c5ccc(O)c6[nH]c(=O)sc56)c4)CC3)C2)cs1. The second-order valence-corrected chi connectivity index (χ2v) is 14.6. The van der Waals surface area contributed by atoms with Crippen molar-refractivity contribution < 1.29 is 24.4 Å². The van der Waals surface area contributed by atoms with E-state index in [1.165, 1.54) is 12.1 Å². The van der Waals surface area contributed by atoms with E-state index in [2.05, 4.69) is 38.9 Å². The van der Waals surface area contributed by atoms with Crippen molar-refractivity contribution in [1.82, 2.24) is 25.1 Å². The minimum absolute atomic E-state index is 0.0341. The lowest BCUT2D eigenvalue weighted by Gasteiger charge is -2.48. The Labute approximate surface area is 275 Å². The summed E-state index contributed by atoms with van der Waals surface area (Å²) in [6.07, 6.45) is 0.562. The summed E-state index contributed by atoms with van der Waals surface area (Å²) in [5.41, 5.74) is 2.98. The van der Waals surface area contributed by atoms with Crippen molar-refractivity contribution in [2.75, 3.05) is 45.9 Å². The first kappa shape index (κ1) is 33.2. The number of aliphatic hydroxyl groups is 2. The van der Waals surface area contributed by atoms with E-state index >= 15 is 0 Å². The smallest absolute Gasteiger partial charge is 0.305 e. The Morgan fingerprint density at radius 2 is 1.98 bits per heavy atom. The number of aromatic hydroxyl groups is 1. The molecule has 0 aliphatic carbocycles. The normalized spacial score (nSPS) is 18.9. The van der Waals surface area contributed by atoms with Gasteiger partial charge in [-0.05, 0) is 49.1 Å². The van der Waals surface area contributed by atoms with Crippen molar-refractivity contribution in [3.8, 4) is 5.75 Å². The first-order valence-electron chi connectivity index (χ1n) is 15.9. The topological polar surface area (TPSA) is 134 Å². The molecule has 4 aromatic rings. The van der Waals surface area contributed by atoms with E-state index in [1.54, 1.807) is 17.4 Å². The van der Waals surface area contributed by atoms with E-state index in [1.807, 2.05) is 17.5 Å². The van der Waals surface area contributed by atoms with Crippen molar-refractivity contribution in [1.29, 1.82) is 0 Å². The third-order valence-electron chi connectivity index (χ3n) is 9.06. The number of phenolic OH excluding ortho intramolecular Hbond substituents is 1. The highest BCUT2D eigenvalue weighted by Crippen LogP contribution is 2.35. The van der Waals surface area contributed by atoms with Gasteiger partial charge in [0.25, 0.3) is 0 Å². The predicted octanol–water partition coefficient (Wildman–Crippen LogP) is 4.24. The van der Waals surface area contributed by atoms with Crippen LogP contribution in [0.1, 0.15) is 72.3 Å². The van der Waals surface area contributed by atoms with Crippen LogP contribution in [0.3, 0.4) is 0 Å². The highest BCUT2D eigenvalue weighted by Gasteiger charge is 2.41. The lowest BCUT2D eigenvalue weighted by molar-refractivity contribution is -0.168. The number of rotatable bonds is 11. The number of nitrogens with zero attached hydrogens (tertiary/aromatic N) is 3. The fourth-order valence-corrected chi connectivity index (χ4v) is 8.19. The molecule has 0 radical (unpaired) electrons. The van der Waals surface area contributed by atoms with Crippen LogP contribution in [0.5, 0.6) is 5.75 Å². The van der Waals surface area contributed by atoms with Crippen LogP contribution in [0.2, 0.25) is 0 Å². The lowest BCUT2D eigenvalue weighted by atomic mass is 9.89. The summed E-state index contributed by atoms with van der Waals surface area (Å²) >= 11 is 2.55. The van der Waals surface area contributed by atoms with E-state index in [0.717, 1.165) is 60.1 Å². The highest BCUT2D eigenvalue weighted by molar-refractivity contribution is 7.16. The molecular weight excluding hydrogens is 630 g/mol. The van der Waals surface area contributed by atoms with Crippen LogP contribution in [0, 0.1) is 5.82 Å². The molecule has 248 valence electrons. The fraction of sp³-hybridized carbons (Fsp3) is 0.515. The molecule has 0 amide bonds. The third kappa shape index (κ3) is 7.37. The second kappa shape index (κ2) is 14.2. The largest absolute Gasteiger partial charge is 0.506 e. The van der Waals surface area contributed by atoms with Gasteiger partial charge in [0, 0.05) is 56.1 Å². The summed E-state index contributed by atoms with van der Waals surface area (Å²) in [6.45, 7) is 9.25. The number of likely N-dealkylation sites (tertiary alicyclic amines) is 1. The summed E-state index contributed by atoms with van der Waals surface area (Å²) in [5.74, 6) is 0.0496. The van der Waals surface area contributed by atoms with Gasteiger partial charge in [0.15, 0.2) is 6.23 Å². The number of benzene rings is 2. The van der Waals surface area contributed by atoms with Gasteiger partial charge in [0.2, 0.25) is 0 Å². The van der Waals surface area contributed by atoms with E-state index in [-0.39, 0.29) is 28.6 Å². The summed E-state index contributed by atoms with van der Waals surface area (Å²) in [6, 6.07) is 8.36. The van der Waals surface area contributed by atoms with E-state index < -0.39 is 12.3 Å². The summed E-state index contributed by atoms with van der Waals surface area (Å²) in [5, 5.41) is 38.0. The monoisotopic (exact) mass is 671 g/mol. The molecule has 5 N–H and O–H groups in total. The number of nitrogens with one attached hydrogen (secondary N) is 2. The number of phenols is 1. The number of hydrogen-bond donors (Lipinski definition) is 5.